The van der Waals surface area contributed by atoms with Crippen LogP contribution < -0.4 is 21.2 Å². The Labute approximate surface area is 183 Å². The Morgan fingerprint density at radius 1 is 1.19 bits per heavy atom. The van der Waals surface area contributed by atoms with Gasteiger partial charge in [-0.1, -0.05) is 37.3 Å². The molecule has 1 aromatic carbocycles. The minimum absolute atomic E-state index is 0.0815. The molecule has 32 heavy (non-hydrogen) atoms. The minimum Gasteiger partial charge on any atom is -0.394 e. The van der Waals surface area contributed by atoms with Crippen molar-refractivity contribution >= 4 is 11.5 Å². The van der Waals surface area contributed by atoms with Crippen molar-refractivity contribution in [2.24, 2.45) is 5.92 Å². The van der Waals surface area contributed by atoms with Gasteiger partial charge in [0.05, 0.1) is 6.61 Å². The van der Waals surface area contributed by atoms with Crippen LogP contribution >= 0.6 is 0 Å². The largest absolute Gasteiger partial charge is 0.394 e. The number of hydrogen-bond acceptors (Lipinski definition) is 9. The molecule has 4 rings (SSSR count). The summed E-state index contributed by atoms with van der Waals surface area (Å²) in [4.78, 5) is 36.7. The highest BCUT2D eigenvalue weighted by Gasteiger charge is 2.45. The van der Waals surface area contributed by atoms with E-state index in [1.54, 1.807) is 0 Å². The van der Waals surface area contributed by atoms with Gasteiger partial charge < -0.3 is 25.0 Å². The lowest BCUT2D eigenvalue weighted by Gasteiger charge is -2.25. The summed E-state index contributed by atoms with van der Waals surface area (Å²) < 4.78 is 5.36. The molecule has 1 aromatic heterocycles. The van der Waals surface area contributed by atoms with Crippen LogP contribution in [0.5, 0.6) is 0 Å². The van der Waals surface area contributed by atoms with E-state index in [2.05, 4.69) is 29.0 Å². The molecular weight excluding hydrogens is 420 g/mol. The maximum Gasteiger partial charge on any atom is 0.327 e. The first-order valence-electron chi connectivity index (χ1n) is 10.6. The highest BCUT2D eigenvalue weighted by atomic mass is 16.8. The SMILES string of the molecule is CC(CCN1CN(O[C@H]2O[C@H](CO)[C@@H](O)[C@H]2O)c2c1[nH]c(=O)[nH]c2=O)Cc1ccccc1. The topological polar surface area (TPSA) is 151 Å². The third kappa shape index (κ3) is 4.57. The van der Waals surface area contributed by atoms with Gasteiger partial charge in [0, 0.05) is 6.54 Å². The summed E-state index contributed by atoms with van der Waals surface area (Å²) in [6.45, 7) is 2.31. The van der Waals surface area contributed by atoms with Crippen molar-refractivity contribution in [3.63, 3.8) is 0 Å². The number of aromatic nitrogens is 2. The molecule has 0 saturated carbocycles. The number of nitrogens with zero attached hydrogens (tertiary/aromatic N) is 2. The standard InChI is InChI=1S/C21H28N4O7/c1-12(9-13-5-3-2-4-6-13)7-8-24-11-25(15-18(24)22-21(30)23-19(15)29)32-20-17(28)16(27)14(10-26)31-20/h2-6,12,14,16-17,20,26-28H,7-11H2,1H3,(H2,22,23,29,30)/t12?,14-,16-,17-,20-/m1/s1. The number of fused-ring (bicyclic) bond motifs is 1. The Morgan fingerprint density at radius 2 is 1.94 bits per heavy atom. The molecule has 3 heterocycles. The van der Waals surface area contributed by atoms with Crippen molar-refractivity contribution in [1.82, 2.24) is 9.97 Å². The Balaban J connectivity index is 1.47. The van der Waals surface area contributed by atoms with Crippen molar-refractivity contribution in [2.45, 2.75) is 44.4 Å². The molecule has 11 heteroatoms. The quantitative estimate of drug-likeness (QED) is 0.353. The maximum absolute atomic E-state index is 12.5. The highest BCUT2D eigenvalue weighted by molar-refractivity contribution is 5.69. The summed E-state index contributed by atoms with van der Waals surface area (Å²) in [6, 6.07) is 10.1. The van der Waals surface area contributed by atoms with E-state index in [4.69, 9.17) is 9.57 Å². The normalized spacial score (nSPS) is 25.9. The van der Waals surface area contributed by atoms with Crippen LogP contribution in [0.4, 0.5) is 11.5 Å². The summed E-state index contributed by atoms with van der Waals surface area (Å²) in [6.07, 6.45) is -3.31. The smallest absolute Gasteiger partial charge is 0.327 e. The van der Waals surface area contributed by atoms with Gasteiger partial charge in [-0.3, -0.25) is 14.8 Å². The molecule has 1 fully saturated rings. The molecule has 11 nitrogen and oxygen atoms in total. The molecule has 5 atom stereocenters. The number of anilines is 2. The van der Waals surface area contributed by atoms with Gasteiger partial charge in [0.1, 0.15) is 30.8 Å². The lowest BCUT2D eigenvalue weighted by Crippen LogP contribution is -2.41. The predicted octanol–water partition coefficient (Wildman–Crippen LogP) is -0.713. The fourth-order valence-electron chi connectivity index (χ4n) is 4.07. The van der Waals surface area contributed by atoms with Crippen LogP contribution in [0.15, 0.2) is 39.9 Å². The number of aliphatic hydroxyl groups is 3. The van der Waals surface area contributed by atoms with Gasteiger partial charge in [-0.25, -0.2) is 14.7 Å². The van der Waals surface area contributed by atoms with Crippen LogP contribution in [0.1, 0.15) is 18.9 Å². The number of benzene rings is 1. The molecule has 1 saturated heterocycles. The van der Waals surface area contributed by atoms with Crippen molar-refractivity contribution < 1.29 is 24.9 Å². The summed E-state index contributed by atoms with van der Waals surface area (Å²) in [7, 11) is 0. The van der Waals surface area contributed by atoms with E-state index in [-0.39, 0.29) is 12.4 Å². The Kier molecular flexibility index (Phi) is 6.63. The first-order chi connectivity index (χ1) is 15.4. The maximum atomic E-state index is 12.5. The van der Waals surface area contributed by atoms with Crippen molar-refractivity contribution in [1.29, 1.82) is 0 Å². The van der Waals surface area contributed by atoms with E-state index in [0.29, 0.717) is 18.3 Å². The zero-order valence-corrected chi connectivity index (χ0v) is 17.7. The number of hydroxylamine groups is 1. The second-order valence-electron chi connectivity index (χ2n) is 8.28. The van der Waals surface area contributed by atoms with Crippen LogP contribution in [-0.2, 0) is 16.0 Å². The van der Waals surface area contributed by atoms with E-state index in [9.17, 15) is 24.9 Å². The second kappa shape index (κ2) is 9.43. The number of hydrogen-bond donors (Lipinski definition) is 5. The molecule has 5 N–H and O–H groups in total. The molecule has 0 spiro atoms. The highest BCUT2D eigenvalue weighted by Crippen LogP contribution is 2.33. The van der Waals surface area contributed by atoms with E-state index in [0.717, 1.165) is 12.8 Å². The van der Waals surface area contributed by atoms with Gasteiger partial charge in [0.15, 0.2) is 5.69 Å². The summed E-state index contributed by atoms with van der Waals surface area (Å²) in [5, 5.41) is 30.6. The fraction of sp³-hybridized carbons (Fsp3) is 0.524. The average molecular weight is 448 g/mol. The molecule has 0 aliphatic carbocycles. The molecule has 2 aromatic rings. The van der Waals surface area contributed by atoms with Crippen LogP contribution in [0.3, 0.4) is 0 Å². The van der Waals surface area contributed by atoms with Crippen LogP contribution in [0.2, 0.25) is 0 Å². The second-order valence-corrected chi connectivity index (χ2v) is 8.28. The fourth-order valence-corrected chi connectivity index (χ4v) is 4.07. The van der Waals surface area contributed by atoms with Gasteiger partial charge >= 0.3 is 5.69 Å². The third-order valence-electron chi connectivity index (χ3n) is 5.81. The first kappa shape index (κ1) is 22.5. The lowest BCUT2D eigenvalue weighted by atomic mass is 9.98. The van der Waals surface area contributed by atoms with Crippen molar-refractivity contribution in [3.8, 4) is 0 Å². The van der Waals surface area contributed by atoms with Crippen molar-refractivity contribution in [3.05, 3.63) is 56.7 Å². The van der Waals surface area contributed by atoms with E-state index >= 15 is 0 Å². The molecule has 2 aliphatic rings. The van der Waals surface area contributed by atoms with Crippen LogP contribution in [0.25, 0.3) is 0 Å². The molecule has 0 amide bonds. The van der Waals surface area contributed by atoms with Crippen LogP contribution in [-0.4, -0.2) is 69.7 Å². The minimum atomic E-state index is -1.41. The van der Waals surface area contributed by atoms with Crippen LogP contribution in [0, 0.1) is 5.92 Å². The summed E-state index contributed by atoms with van der Waals surface area (Å²) in [5.74, 6) is 0.669. The number of nitrogens with one attached hydrogen (secondary N) is 2. The number of rotatable bonds is 8. The van der Waals surface area contributed by atoms with Gasteiger partial charge in [-0.15, -0.1) is 0 Å². The van der Waals surface area contributed by atoms with Gasteiger partial charge in [0.2, 0.25) is 6.29 Å². The number of ether oxygens (including phenoxy) is 1. The number of aliphatic hydroxyl groups excluding tert-OH is 3. The van der Waals surface area contributed by atoms with E-state index < -0.39 is 42.5 Å². The Morgan fingerprint density at radius 3 is 2.62 bits per heavy atom. The monoisotopic (exact) mass is 448 g/mol. The van der Waals surface area contributed by atoms with Gasteiger partial charge in [-0.05, 0) is 24.3 Å². The van der Waals surface area contributed by atoms with Gasteiger partial charge in [-0.2, -0.15) is 0 Å². The molecule has 0 bridgehead atoms. The predicted molar refractivity (Wildman–Crippen MR) is 115 cm³/mol. The molecular formula is C21H28N4O7. The summed E-state index contributed by atoms with van der Waals surface area (Å²) in [5.41, 5.74) is 0.0419. The zero-order chi connectivity index (χ0) is 22.8. The van der Waals surface area contributed by atoms with Crippen molar-refractivity contribution in [2.75, 3.05) is 29.8 Å². The number of H-pyrrole nitrogens is 2. The van der Waals surface area contributed by atoms with E-state index in [1.807, 2.05) is 23.1 Å². The lowest BCUT2D eigenvalue weighted by molar-refractivity contribution is -0.175. The zero-order valence-electron chi connectivity index (χ0n) is 17.7. The molecule has 2 aliphatic heterocycles. The molecule has 174 valence electrons. The molecule has 0 radical (unpaired) electrons. The average Bonchev–Trinajstić information content (AvgIpc) is 3.25. The summed E-state index contributed by atoms with van der Waals surface area (Å²) >= 11 is 0. The molecule has 1 unspecified atom stereocenters. The first-order valence-corrected chi connectivity index (χ1v) is 10.6. The van der Waals surface area contributed by atoms with Gasteiger partial charge in [0.25, 0.3) is 5.56 Å². The van der Waals surface area contributed by atoms with E-state index in [1.165, 1.54) is 10.6 Å². The number of aromatic amines is 2. The third-order valence-corrected chi connectivity index (χ3v) is 5.81. The Hall–Kier alpha value is -2.70. The Bertz CT molecular complexity index is 1030.